The minimum Gasteiger partial charge on any atom is -0.462 e. The molecule has 0 heterocycles. The van der Waals surface area contributed by atoms with Crippen LogP contribution in [-0.4, -0.2) is 76.9 Å². The lowest BCUT2D eigenvalue weighted by Gasteiger charge is -2.21. The molecule has 0 aliphatic heterocycles. The van der Waals surface area contributed by atoms with Gasteiger partial charge in [-0.3, -0.25) is 18.6 Å². The van der Waals surface area contributed by atoms with Crippen molar-refractivity contribution in [3.8, 4) is 0 Å². The Morgan fingerprint density at radius 3 is 1.33 bits per heavy atom. The lowest BCUT2D eigenvalue weighted by atomic mass is 10.1. The van der Waals surface area contributed by atoms with Crippen molar-refractivity contribution in [2.24, 2.45) is 0 Å². The van der Waals surface area contributed by atoms with Gasteiger partial charge in [-0.05, 0) is 103 Å². The number of phosphoric acid groups is 1. The molecule has 4 atom stereocenters. The number of aliphatic hydroxyl groups is 3. The average Bonchev–Trinajstić information content (AvgIpc) is 3.17. The molecule has 320 valence electrons. The summed E-state index contributed by atoms with van der Waals surface area (Å²) in [5.41, 5.74) is 0. The maximum Gasteiger partial charge on any atom is 0.472 e. The first-order valence-electron chi connectivity index (χ1n) is 21.2. The summed E-state index contributed by atoms with van der Waals surface area (Å²) in [6.07, 6.45) is 37.3. The highest BCUT2D eigenvalue weighted by Gasteiger charge is 2.28. The van der Waals surface area contributed by atoms with E-state index in [2.05, 4.69) is 56.4 Å². The van der Waals surface area contributed by atoms with Gasteiger partial charge in [-0.1, -0.05) is 101 Å². The van der Waals surface area contributed by atoms with Crippen LogP contribution in [0.4, 0.5) is 0 Å². The minimum atomic E-state index is -4.75. The second-order valence-corrected chi connectivity index (χ2v) is 15.6. The molecule has 4 N–H and O–H groups in total. The van der Waals surface area contributed by atoms with Crippen LogP contribution in [-0.2, 0) is 32.7 Å². The Balaban J connectivity index is 4.55. The molecule has 0 aromatic rings. The summed E-state index contributed by atoms with van der Waals surface area (Å²) < 4.78 is 32.7. The van der Waals surface area contributed by atoms with E-state index in [0.717, 1.165) is 64.2 Å². The predicted octanol–water partition coefficient (Wildman–Crippen LogP) is 9.92. The number of phosphoric ester groups is 1. The number of rotatable bonds is 39. The van der Waals surface area contributed by atoms with Crippen molar-refractivity contribution in [3.05, 3.63) is 48.6 Å². The smallest absolute Gasteiger partial charge is 0.462 e. The van der Waals surface area contributed by atoms with Gasteiger partial charge >= 0.3 is 19.8 Å². The van der Waals surface area contributed by atoms with E-state index < -0.39 is 57.9 Å². The minimum absolute atomic E-state index is 0.0958. The van der Waals surface area contributed by atoms with Crippen LogP contribution in [0.5, 0.6) is 0 Å². The molecule has 0 aliphatic carbocycles. The SMILES string of the molecule is CCCCCCC=CCCCCC=CCCCC(=O)OC[C@H](COP(=O)(O)OC[C@@H](O)[C@H](O)CO)OC(=O)CCC/C=C\CCCC/C=C\CCCCCC. The van der Waals surface area contributed by atoms with Crippen LogP contribution in [0.25, 0.3) is 0 Å². The summed E-state index contributed by atoms with van der Waals surface area (Å²) in [5, 5.41) is 28.1. The maximum absolute atomic E-state index is 12.6. The van der Waals surface area contributed by atoms with Crippen LogP contribution >= 0.6 is 7.82 Å². The Labute approximate surface area is 333 Å². The Morgan fingerprint density at radius 2 is 0.909 bits per heavy atom. The summed E-state index contributed by atoms with van der Waals surface area (Å²) in [6.45, 7) is 1.89. The number of aliphatic hydroxyl groups excluding tert-OH is 3. The van der Waals surface area contributed by atoms with E-state index in [4.69, 9.17) is 23.6 Å². The molecule has 12 heteroatoms. The molecule has 0 saturated carbocycles. The molecule has 1 unspecified atom stereocenters. The van der Waals surface area contributed by atoms with Gasteiger partial charge in [-0.15, -0.1) is 0 Å². The zero-order valence-electron chi connectivity index (χ0n) is 34.2. The van der Waals surface area contributed by atoms with Crippen molar-refractivity contribution in [2.75, 3.05) is 26.4 Å². The van der Waals surface area contributed by atoms with Crippen LogP contribution in [0.15, 0.2) is 48.6 Å². The molecule has 11 nitrogen and oxygen atoms in total. The number of carbonyl (C=O) groups excluding carboxylic acids is 2. The van der Waals surface area contributed by atoms with Gasteiger partial charge in [0.1, 0.15) is 18.8 Å². The van der Waals surface area contributed by atoms with Crippen LogP contribution in [0.2, 0.25) is 0 Å². The summed E-state index contributed by atoms with van der Waals surface area (Å²) >= 11 is 0. The summed E-state index contributed by atoms with van der Waals surface area (Å²) in [7, 11) is -4.75. The van der Waals surface area contributed by atoms with E-state index in [1.54, 1.807) is 0 Å². The van der Waals surface area contributed by atoms with Crippen LogP contribution in [0, 0.1) is 0 Å². The number of ether oxygens (including phenoxy) is 2. The highest BCUT2D eigenvalue weighted by atomic mass is 31.2. The first kappa shape index (κ1) is 52.9. The second kappa shape index (κ2) is 38.7. The number of unbranched alkanes of at least 4 members (excludes halogenated alkanes) is 16. The predicted molar refractivity (Wildman–Crippen MR) is 220 cm³/mol. The van der Waals surface area contributed by atoms with Gasteiger partial charge in [-0.2, -0.15) is 0 Å². The third-order valence-electron chi connectivity index (χ3n) is 8.79. The van der Waals surface area contributed by atoms with Crippen molar-refractivity contribution in [3.63, 3.8) is 0 Å². The van der Waals surface area contributed by atoms with Crippen molar-refractivity contribution in [1.82, 2.24) is 0 Å². The van der Waals surface area contributed by atoms with Crippen molar-refractivity contribution in [2.45, 2.75) is 186 Å². The Morgan fingerprint density at radius 1 is 0.527 bits per heavy atom. The zero-order valence-corrected chi connectivity index (χ0v) is 35.1. The van der Waals surface area contributed by atoms with E-state index in [0.29, 0.717) is 19.3 Å². The Hall–Kier alpha value is -2.11. The van der Waals surface area contributed by atoms with E-state index in [-0.39, 0.29) is 19.4 Å². The fourth-order valence-corrected chi connectivity index (χ4v) is 6.11. The van der Waals surface area contributed by atoms with E-state index in [1.165, 1.54) is 57.8 Å². The van der Waals surface area contributed by atoms with Gasteiger partial charge in [0.05, 0.1) is 19.8 Å². The maximum atomic E-state index is 12.6. The molecule has 0 spiro atoms. The highest BCUT2D eigenvalue weighted by Crippen LogP contribution is 2.43. The van der Waals surface area contributed by atoms with Gasteiger partial charge in [0, 0.05) is 12.8 Å². The zero-order chi connectivity index (χ0) is 40.7. The van der Waals surface area contributed by atoms with Gasteiger partial charge < -0.3 is 29.7 Å². The largest absolute Gasteiger partial charge is 0.472 e. The first-order chi connectivity index (χ1) is 26.6. The number of hydrogen-bond donors (Lipinski definition) is 4. The van der Waals surface area contributed by atoms with Gasteiger partial charge in [0.15, 0.2) is 6.10 Å². The van der Waals surface area contributed by atoms with Crippen LogP contribution in [0.3, 0.4) is 0 Å². The number of esters is 2. The normalized spacial score (nSPS) is 14.9. The fourth-order valence-electron chi connectivity index (χ4n) is 5.33. The summed E-state index contributed by atoms with van der Waals surface area (Å²) in [5.74, 6) is -1.07. The standard InChI is InChI=1S/C43H77O11P/c1-3-5-7-9-11-13-15-17-19-21-23-25-27-29-31-33-42(47)51-36-39(37-52-55(49,50)53-38-41(46)40(45)35-44)54-43(48)34-32-30-28-26-24-22-20-18-16-14-12-10-8-6-4-2/h13-16,25-28,39-41,44-46H,3-12,17-24,29-38H2,1-2H3,(H,49,50)/b15-13?,16-14-,27-25?,28-26-/t39-,40-,41-/m1/s1. The molecular weight excluding hydrogens is 723 g/mol. The molecule has 0 aromatic heterocycles. The molecule has 0 amide bonds. The van der Waals surface area contributed by atoms with Crippen molar-refractivity contribution < 1.29 is 52.9 Å². The van der Waals surface area contributed by atoms with E-state index >= 15 is 0 Å². The molecule has 0 fully saturated rings. The number of hydrogen-bond acceptors (Lipinski definition) is 10. The lowest BCUT2D eigenvalue weighted by Crippen LogP contribution is -2.33. The van der Waals surface area contributed by atoms with Gasteiger partial charge in [-0.25, -0.2) is 4.57 Å². The molecule has 0 aliphatic rings. The average molecular weight is 801 g/mol. The van der Waals surface area contributed by atoms with Crippen LogP contribution < -0.4 is 0 Å². The second-order valence-electron chi connectivity index (χ2n) is 14.1. The van der Waals surface area contributed by atoms with E-state index in [1.807, 2.05) is 6.08 Å². The Kier molecular flexibility index (Phi) is 37.3. The first-order valence-corrected chi connectivity index (χ1v) is 22.7. The third-order valence-corrected chi connectivity index (χ3v) is 9.74. The van der Waals surface area contributed by atoms with Crippen molar-refractivity contribution >= 4 is 19.8 Å². The lowest BCUT2D eigenvalue weighted by molar-refractivity contribution is -0.161. The Bertz CT molecular complexity index is 1070. The monoisotopic (exact) mass is 801 g/mol. The molecule has 0 bridgehead atoms. The van der Waals surface area contributed by atoms with E-state index in [9.17, 15) is 29.3 Å². The fraction of sp³-hybridized carbons (Fsp3) is 0.767. The molecule has 55 heavy (non-hydrogen) atoms. The molecule has 0 radical (unpaired) electrons. The molecular formula is C43H77O11P. The number of carbonyl (C=O) groups is 2. The quantitative estimate of drug-likeness (QED) is 0.0202. The molecule has 0 saturated heterocycles. The topological polar surface area (TPSA) is 169 Å². The number of allylic oxidation sites excluding steroid dienone is 8. The molecule has 0 aromatic carbocycles. The summed E-state index contributed by atoms with van der Waals surface area (Å²) in [6, 6.07) is 0. The highest BCUT2D eigenvalue weighted by molar-refractivity contribution is 7.47. The van der Waals surface area contributed by atoms with Crippen LogP contribution in [0.1, 0.15) is 168 Å². The molecule has 0 rings (SSSR count). The van der Waals surface area contributed by atoms with Gasteiger partial charge in [0.2, 0.25) is 0 Å². The summed E-state index contributed by atoms with van der Waals surface area (Å²) in [4.78, 5) is 35.0. The van der Waals surface area contributed by atoms with Gasteiger partial charge in [0.25, 0.3) is 0 Å². The third kappa shape index (κ3) is 37.2. The van der Waals surface area contributed by atoms with Crippen molar-refractivity contribution in [1.29, 1.82) is 0 Å².